The molecule has 4 rings (SSSR count). The Bertz CT molecular complexity index is 1050. The van der Waals surface area contributed by atoms with Gasteiger partial charge in [0, 0.05) is 26.2 Å². The number of aromatic amines is 1. The first-order valence-electron chi connectivity index (χ1n) is 10.3. The number of aromatic nitrogens is 1. The molecule has 0 unspecified atom stereocenters. The molecule has 1 N–H and O–H groups in total. The van der Waals surface area contributed by atoms with Crippen molar-refractivity contribution in [2.75, 3.05) is 37.6 Å². The van der Waals surface area contributed by atoms with E-state index in [1.54, 1.807) is 12.1 Å². The highest BCUT2D eigenvalue weighted by Crippen LogP contribution is 2.27. The molecule has 1 fully saturated rings. The van der Waals surface area contributed by atoms with Crippen LogP contribution in [0.25, 0.3) is 10.2 Å². The van der Waals surface area contributed by atoms with E-state index >= 15 is 0 Å². The number of thiazole rings is 1. The molecule has 166 valence electrons. The first-order chi connectivity index (χ1) is 14.9. The molecule has 3 aromatic rings. The normalized spacial score (nSPS) is 15.5. The molecule has 2 heterocycles. The molecular formula is C22H24F3N3O2S. The van der Waals surface area contributed by atoms with Crippen molar-refractivity contribution in [3.8, 4) is 5.75 Å². The number of para-hydroxylation sites is 1. The molecule has 0 aliphatic carbocycles. The number of H-pyrrole nitrogens is 1. The maximum Gasteiger partial charge on any atom is 0.573 e. The Labute approximate surface area is 182 Å². The van der Waals surface area contributed by atoms with E-state index in [-0.39, 0.29) is 10.6 Å². The third kappa shape index (κ3) is 5.80. The van der Waals surface area contributed by atoms with Gasteiger partial charge in [-0.1, -0.05) is 29.5 Å². The van der Waals surface area contributed by atoms with Crippen molar-refractivity contribution in [3.63, 3.8) is 0 Å². The molecule has 1 aliphatic heterocycles. The smallest absolute Gasteiger partial charge is 0.406 e. The lowest BCUT2D eigenvalue weighted by Gasteiger charge is -2.36. The molecule has 0 radical (unpaired) electrons. The second-order valence-corrected chi connectivity index (χ2v) is 8.66. The number of unbranched alkanes of at least 4 members (excludes halogenated alkanes) is 1. The van der Waals surface area contributed by atoms with Gasteiger partial charge in [-0.15, -0.1) is 13.2 Å². The van der Waals surface area contributed by atoms with Crippen LogP contribution < -0.4 is 14.5 Å². The van der Waals surface area contributed by atoms with Crippen LogP contribution >= 0.6 is 11.3 Å². The zero-order chi connectivity index (χ0) is 21.8. The zero-order valence-electron chi connectivity index (χ0n) is 17.0. The number of ether oxygens (including phenoxy) is 1. The summed E-state index contributed by atoms with van der Waals surface area (Å²) in [5.74, 6) is -0.184. The summed E-state index contributed by atoms with van der Waals surface area (Å²) in [5, 5.41) is 0. The van der Waals surface area contributed by atoms with Gasteiger partial charge in [-0.25, -0.2) is 0 Å². The Morgan fingerprint density at radius 3 is 2.45 bits per heavy atom. The molecule has 1 saturated heterocycles. The van der Waals surface area contributed by atoms with Gasteiger partial charge in [-0.2, -0.15) is 0 Å². The molecule has 2 aromatic carbocycles. The van der Waals surface area contributed by atoms with Gasteiger partial charge >= 0.3 is 11.2 Å². The Kier molecular flexibility index (Phi) is 6.52. The summed E-state index contributed by atoms with van der Waals surface area (Å²) in [6.07, 6.45) is -1.80. The highest BCUT2D eigenvalue weighted by atomic mass is 32.1. The fraction of sp³-hybridized carbons (Fsp3) is 0.409. The number of anilines is 1. The van der Waals surface area contributed by atoms with Gasteiger partial charge in [0.15, 0.2) is 0 Å². The lowest BCUT2D eigenvalue weighted by molar-refractivity contribution is -0.274. The van der Waals surface area contributed by atoms with E-state index in [4.69, 9.17) is 0 Å². The topological polar surface area (TPSA) is 48.6 Å². The summed E-state index contributed by atoms with van der Waals surface area (Å²) in [6, 6.07) is 12.1. The number of benzene rings is 2. The maximum absolute atomic E-state index is 12.2. The number of rotatable bonds is 7. The molecule has 31 heavy (non-hydrogen) atoms. The molecule has 1 aromatic heterocycles. The van der Waals surface area contributed by atoms with Crippen LogP contribution in [0.5, 0.6) is 5.75 Å². The van der Waals surface area contributed by atoms with Crippen molar-refractivity contribution >= 4 is 27.2 Å². The fourth-order valence-corrected chi connectivity index (χ4v) is 4.71. The summed E-state index contributed by atoms with van der Waals surface area (Å²) in [4.78, 5) is 19.4. The van der Waals surface area contributed by atoms with E-state index in [2.05, 4.69) is 25.6 Å². The van der Waals surface area contributed by atoms with Crippen LogP contribution in [-0.2, 0) is 6.42 Å². The van der Waals surface area contributed by atoms with Crippen molar-refractivity contribution in [1.29, 1.82) is 0 Å². The largest absolute Gasteiger partial charge is 0.573 e. The summed E-state index contributed by atoms with van der Waals surface area (Å²) in [5.41, 5.74) is 3.03. The Morgan fingerprint density at radius 1 is 1.00 bits per heavy atom. The molecule has 9 heteroatoms. The van der Waals surface area contributed by atoms with Crippen LogP contribution in [0, 0.1) is 0 Å². The number of piperazine rings is 1. The minimum atomic E-state index is -4.65. The minimum absolute atomic E-state index is 0.0244. The van der Waals surface area contributed by atoms with Gasteiger partial charge in [0.2, 0.25) is 0 Å². The lowest BCUT2D eigenvalue weighted by atomic mass is 10.1. The quantitative estimate of drug-likeness (QED) is 0.532. The third-order valence-corrected chi connectivity index (χ3v) is 6.34. The molecule has 0 bridgehead atoms. The van der Waals surface area contributed by atoms with Gasteiger partial charge in [0.1, 0.15) is 5.75 Å². The van der Waals surface area contributed by atoms with E-state index in [0.717, 1.165) is 73.5 Å². The zero-order valence-corrected chi connectivity index (χ0v) is 17.8. The van der Waals surface area contributed by atoms with Gasteiger partial charge in [0.25, 0.3) is 0 Å². The lowest BCUT2D eigenvalue weighted by Crippen LogP contribution is -2.46. The summed E-state index contributed by atoms with van der Waals surface area (Å²) in [6.45, 7) is 4.76. The van der Waals surface area contributed by atoms with Crippen LogP contribution in [0.3, 0.4) is 0 Å². The van der Waals surface area contributed by atoms with Crippen LogP contribution in [-0.4, -0.2) is 49.0 Å². The first-order valence-corrected chi connectivity index (χ1v) is 11.1. The predicted octanol–water partition coefficient (Wildman–Crippen LogP) is 4.63. The molecule has 0 atom stereocenters. The number of halogens is 3. The molecule has 1 aliphatic rings. The van der Waals surface area contributed by atoms with E-state index in [9.17, 15) is 18.0 Å². The first kappa shape index (κ1) is 21.7. The Morgan fingerprint density at radius 2 is 1.74 bits per heavy atom. The minimum Gasteiger partial charge on any atom is -0.406 e. The number of nitrogens with zero attached hydrogens (tertiary/aromatic N) is 2. The monoisotopic (exact) mass is 451 g/mol. The van der Waals surface area contributed by atoms with Crippen LogP contribution in [0.1, 0.15) is 18.4 Å². The number of aryl methyl sites for hydroxylation is 1. The van der Waals surface area contributed by atoms with Crippen molar-refractivity contribution in [2.24, 2.45) is 0 Å². The number of fused-ring (bicyclic) bond motifs is 1. The van der Waals surface area contributed by atoms with Crippen molar-refractivity contribution < 1.29 is 17.9 Å². The number of nitrogens with one attached hydrogen (secondary N) is 1. The second-order valence-electron chi connectivity index (χ2n) is 7.64. The highest BCUT2D eigenvalue weighted by Gasteiger charge is 2.30. The van der Waals surface area contributed by atoms with E-state index < -0.39 is 6.36 Å². The molecular weight excluding hydrogens is 427 g/mol. The van der Waals surface area contributed by atoms with Crippen LogP contribution in [0.2, 0.25) is 0 Å². The molecule has 5 nitrogen and oxygen atoms in total. The molecule has 0 spiro atoms. The van der Waals surface area contributed by atoms with Gasteiger partial charge in [-0.05, 0) is 55.6 Å². The van der Waals surface area contributed by atoms with Gasteiger partial charge in [0.05, 0.1) is 15.9 Å². The number of hydrogen-bond donors (Lipinski definition) is 1. The van der Waals surface area contributed by atoms with Gasteiger partial charge in [-0.3, -0.25) is 9.69 Å². The average Bonchev–Trinajstić information content (AvgIpc) is 3.12. The van der Waals surface area contributed by atoms with Crippen LogP contribution in [0.4, 0.5) is 18.9 Å². The summed E-state index contributed by atoms with van der Waals surface area (Å²) in [7, 11) is 0. The van der Waals surface area contributed by atoms with Crippen molar-refractivity contribution in [3.05, 3.63) is 57.7 Å². The summed E-state index contributed by atoms with van der Waals surface area (Å²) >= 11 is 1.24. The molecule has 0 amide bonds. The van der Waals surface area contributed by atoms with Crippen molar-refractivity contribution in [1.82, 2.24) is 9.88 Å². The number of alkyl halides is 3. The van der Waals surface area contributed by atoms with E-state index in [1.807, 2.05) is 12.1 Å². The van der Waals surface area contributed by atoms with E-state index in [0.29, 0.717) is 0 Å². The SMILES string of the molecule is O=c1[nH]c2c(N3CCN(CCCCc4ccc(OC(F)(F)F)cc4)CC3)cccc2s1. The van der Waals surface area contributed by atoms with Gasteiger partial charge < -0.3 is 14.6 Å². The standard InChI is InChI=1S/C22H24F3N3O2S/c23-22(24,25)30-17-9-7-16(8-10-17)4-1-2-11-27-12-14-28(15-13-27)18-5-3-6-19-20(18)26-21(29)31-19/h3,5-10H,1-2,4,11-15H2,(H,26,29). The predicted molar refractivity (Wildman–Crippen MR) is 117 cm³/mol. The number of hydrogen-bond acceptors (Lipinski definition) is 5. The maximum atomic E-state index is 12.2. The second kappa shape index (κ2) is 9.32. The fourth-order valence-electron chi connectivity index (χ4n) is 3.96. The highest BCUT2D eigenvalue weighted by molar-refractivity contribution is 7.16. The van der Waals surface area contributed by atoms with Crippen LogP contribution in [0.15, 0.2) is 47.3 Å². The van der Waals surface area contributed by atoms with E-state index in [1.165, 1.54) is 23.5 Å². The molecule has 0 saturated carbocycles. The average molecular weight is 452 g/mol. The van der Waals surface area contributed by atoms with Crippen molar-refractivity contribution in [2.45, 2.75) is 25.6 Å². The summed E-state index contributed by atoms with van der Waals surface area (Å²) < 4.78 is 41.5. The third-order valence-electron chi connectivity index (χ3n) is 5.49. The Hall–Kier alpha value is -2.52. The Balaban J connectivity index is 1.20.